The first-order valence-corrected chi connectivity index (χ1v) is 9.48. The van der Waals surface area contributed by atoms with Crippen molar-refractivity contribution in [3.05, 3.63) is 60.5 Å². The van der Waals surface area contributed by atoms with E-state index in [0.29, 0.717) is 45.0 Å². The molecule has 0 amide bonds. The van der Waals surface area contributed by atoms with Gasteiger partial charge in [0.1, 0.15) is 12.1 Å². The molecule has 0 saturated carbocycles. The van der Waals surface area contributed by atoms with Crippen molar-refractivity contribution in [1.82, 2.24) is 9.97 Å². The third-order valence-corrected chi connectivity index (χ3v) is 4.94. The Morgan fingerprint density at radius 2 is 1.71 bits per heavy atom. The van der Waals surface area contributed by atoms with Crippen molar-refractivity contribution in [2.24, 2.45) is 0 Å². The number of nitrogens with zero attached hydrogens (tertiary/aromatic N) is 2. The van der Waals surface area contributed by atoms with Gasteiger partial charge in [-0.3, -0.25) is 9.59 Å². The van der Waals surface area contributed by atoms with Gasteiger partial charge in [0.15, 0.2) is 23.1 Å². The Morgan fingerprint density at radius 1 is 0.935 bits per heavy atom. The highest BCUT2D eigenvalue weighted by molar-refractivity contribution is 6.34. The molecular formula is C23H20N4O4. The summed E-state index contributed by atoms with van der Waals surface area (Å²) in [6.45, 7) is 0. The van der Waals surface area contributed by atoms with Crippen molar-refractivity contribution >= 4 is 45.2 Å². The Morgan fingerprint density at radius 3 is 2.45 bits per heavy atom. The van der Waals surface area contributed by atoms with Crippen LogP contribution >= 0.6 is 0 Å². The quantitative estimate of drug-likeness (QED) is 0.589. The topological polar surface area (TPSA) is 102 Å². The molecule has 8 heteroatoms. The van der Waals surface area contributed by atoms with Crippen LogP contribution in [0.25, 0.3) is 16.5 Å². The molecular weight excluding hydrogens is 396 g/mol. The molecule has 0 unspecified atom stereocenters. The lowest BCUT2D eigenvalue weighted by Gasteiger charge is -2.17. The van der Waals surface area contributed by atoms with Gasteiger partial charge in [-0.1, -0.05) is 0 Å². The maximum Gasteiger partial charge on any atom is 0.186 e. The minimum atomic E-state index is -0.241. The van der Waals surface area contributed by atoms with Crippen molar-refractivity contribution < 1.29 is 19.1 Å². The van der Waals surface area contributed by atoms with Gasteiger partial charge < -0.3 is 20.1 Å². The normalized spacial score (nSPS) is 13.2. The van der Waals surface area contributed by atoms with E-state index in [1.54, 1.807) is 33.4 Å². The zero-order chi connectivity index (χ0) is 22.0. The van der Waals surface area contributed by atoms with Gasteiger partial charge in [0.2, 0.25) is 0 Å². The Bertz CT molecular complexity index is 1260. The Balaban J connectivity index is 1.84. The molecule has 3 aromatic rings. The van der Waals surface area contributed by atoms with Crippen LogP contribution in [-0.2, 0) is 9.59 Å². The van der Waals surface area contributed by atoms with Crippen LogP contribution in [0.3, 0.4) is 0 Å². The summed E-state index contributed by atoms with van der Waals surface area (Å²) in [4.78, 5) is 33.1. The second-order valence-electron chi connectivity index (χ2n) is 6.74. The predicted octanol–water partition coefficient (Wildman–Crippen LogP) is 3.52. The summed E-state index contributed by atoms with van der Waals surface area (Å²) in [6, 6.07) is 9.06. The average molecular weight is 416 g/mol. The molecule has 0 fully saturated rings. The summed E-state index contributed by atoms with van der Waals surface area (Å²) in [5.74, 6) is 1.14. The number of nitrogens with one attached hydrogen (secondary N) is 2. The number of ether oxygens (including phenoxy) is 2. The maximum atomic E-state index is 12.5. The third-order valence-electron chi connectivity index (χ3n) is 4.94. The van der Waals surface area contributed by atoms with E-state index < -0.39 is 0 Å². The van der Waals surface area contributed by atoms with Gasteiger partial charge in [0.05, 0.1) is 19.7 Å². The summed E-state index contributed by atoms with van der Waals surface area (Å²) in [6.07, 6.45) is 5.33. The number of methoxy groups -OCH3 is 2. The Labute approximate surface area is 178 Å². The highest BCUT2D eigenvalue weighted by Crippen LogP contribution is 2.36. The lowest BCUT2D eigenvalue weighted by atomic mass is 9.94. The Kier molecular flexibility index (Phi) is 5.36. The van der Waals surface area contributed by atoms with Crippen molar-refractivity contribution in [1.29, 1.82) is 0 Å². The van der Waals surface area contributed by atoms with E-state index in [4.69, 9.17) is 9.47 Å². The van der Waals surface area contributed by atoms with Crippen LogP contribution in [0.4, 0.5) is 17.2 Å². The van der Waals surface area contributed by atoms with Crippen LogP contribution in [-0.4, -0.2) is 42.8 Å². The zero-order valence-electron chi connectivity index (χ0n) is 17.2. The van der Waals surface area contributed by atoms with Crippen LogP contribution in [0.1, 0.15) is 5.56 Å². The molecule has 1 aliphatic carbocycles. The second-order valence-corrected chi connectivity index (χ2v) is 6.74. The van der Waals surface area contributed by atoms with Crippen molar-refractivity contribution in [2.45, 2.75) is 0 Å². The SMILES string of the molecule is CNc1ccc(Nc2ncnc3cc(OC)c(OC)cc23)c(C2=CC(=O)C=CC2=O)c1. The van der Waals surface area contributed by atoms with Gasteiger partial charge in [-0.15, -0.1) is 0 Å². The number of ketones is 2. The molecule has 31 heavy (non-hydrogen) atoms. The lowest BCUT2D eigenvalue weighted by molar-refractivity contribution is -0.113. The second kappa shape index (κ2) is 8.27. The van der Waals surface area contributed by atoms with Crippen LogP contribution in [0.15, 0.2) is 54.9 Å². The summed E-state index contributed by atoms with van der Waals surface area (Å²) in [5.41, 5.74) is 2.98. The first-order chi connectivity index (χ1) is 15.0. The number of benzene rings is 2. The van der Waals surface area contributed by atoms with Gasteiger partial charge in [0, 0.05) is 41.0 Å². The molecule has 2 aromatic carbocycles. The first kappa shape index (κ1) is 20.1. The molecule has 1 heterocycles. The molecule has 0 spiro atoms. The maximum absolute atomic E-state index is 12.5. The molecule has 0 bridgehead atoms. The number of carbonyl (C=O) groups is 2. The van der Waals surface area contributed by atoms with Crippen LogP contribution in [0.2, 0.25) is 0 Å². The van der Waals surface area contributed by atoms with Gasteiger partial charge in [0.25, 0.3) is 0 Å². The van der Waals surface area contributed by atoms with E-state index in [2.05, 4.69) is 20.6 Å². The largest absolute Gasteiger partial charge is 0.493 e. The number of rotatable bonds is 6. The molecule has 0 aliphatic heterocycles. The van der Waals surface area contributed by atoms with E-state index in [1.807, 2.05) is 18.2 Å². The summed E-state index contributed by atoms with van der Waals surface area (Å²) in [7, 11) is 4.90. The van der Waals surface area contributed by atoms with Gasteiger partial charge in [-0.25, -0.2) is 9.97 Å². The highest BCUT2D eigenvalue weighted by Gasteiger charge is 2.20. The first-order valence-electron chi connectivity index (χ1n) is 9.48. The molecule has 0 atom stereocenters. The number of allylic oxidation sites excluding steroid dienone is 4. The van der Waals surface area contributed by atoms with Crippen molar-refractivity contribution in [2.75, 3.05) is 31.9 Å². The zero-order valence-corrected chi connectivity index (χ0v) is 17.2. The molecule has 0 saturated heterocycles. The van der Waals surface area contributed by atoms with E-state index in [9.17, 15) is 9.59 Å². The lowest BCUT2D eigenvalue weighted by Crippen LogP contribution is -2.09. The predicted molar refractivity (Wildman–Crippen MR) is 119 cm³/mol. The summed E-state index contributed by atoms with van der Waals surface area (Å²) < 4.78 is 10.8. The monoisotopic (exact) mass is 416 g/mol. The van der Waals surface area contributed by atoms with E-state index in [0.717, 1.165) is 5.69 Å². The number of aromatic nitrogens is 2. The fourth-order valence-corrected chi connectivity index (χ4v) is 3.36. The fourth-order valence-electron chi connectivity index (χ4n) is 3.36. The van der Waals surface area contributed by atoms with E-state index in [1.165, 1.54) is 24.6 Å². The molecule has 0 radical (unpaired) electrons. The van der Waals surface area contributed by atoms with Crippen LogP contribution in [0, 0.1) is 0 Å². The molecule has 156 valence electrons. The number of fused-ring (bicyclic) bond motifs is 1. The van der Waals surface area contributed by atoms with E-state index in [-0.39, 0.29) is 11.6 Å². The molecule has 1 aliphatic rings. The van der Waals surface area contributed by atoms with Crippen LogP contribution in [0.5, 0.6) is 11.5 Å². The van der Waals surface area contributed by atoms with Gasteiger partial charge >= 0.3 is 0 Å². The van der Waals surface area contributed by atoms with Crippen molar-refractivity contribution in [3.63, 3.8) is 0 Å². The van der Waals surface area contributed by atoms with Gasteiger partial charge in [-0.2, -0.15) is 0 Å². The van der Waals surface area contributed by atoms with E-state index >= 15 is 0 Å². The number of anilines is 3. The Hall–Kier alpha value is -4.20. The highest BCUT2D eigenvalue weighted by atomic mass is 16.5. The molecule has 2 N–H and O–H groups in total. The van der Waals surface area contributed by atoms with Gasteiger partial charge in [-0.05, 0) is 42.5 Å². The summed E-state index contributed by atoms with van der Waals surface area (Å²) in [5, 5.41) is 7.05. The number of hydrogen-bond acceptors (Lipinski definition) is 8. The number of hydrogen-bond donors (Lipinski definition) is 2. The minimum absolute atomic E-state index is 0.236. The molecule has 4 rings (SSSR count). The average Bonchev–Trinajstić information content (AvgIpc) is 2.80. The van der Waals surface area contributed by atoms with Crippen molar-refractivity contribution in [3.8, 4) is 11.5 Å². The standard InChI is InChI=1S/C23H20N4O4/c1-24-13-4-6-18(15(8-13)16-9-14(28)5-7-20(16)29)27-23-17-10-21(30-2)22(31-3)11-19(17)25-12-26-23/h4-12,24H,1-3H3,(H,25,26,27). The molecule has 8 nitrogen and oxygen atoms in total. The van der Waals surface area contributed by atoms with Crippen LogP contribution < -0.4 is 20.1 Å². The number of carbonyl (C=O) groups excluding carboxylic acids is 2. The fraction of sp³-hybridized carbons (Fsp3) is 0.130. The smallest absolute Gasteiger partial charge is 0.186 e. The molecule has 1 aromatic heterocycles. The summed E-state index contributed by atoms with van der Waals surface area (Å²) >= 11 is 0. The third kappa shape index (κ3) is 3.83. The minimum Gasteiger partial charge on any atom is -0.493 e.